The van der Waals surface area contributed by atoms with Gasteiger partial charge in [0.25, 0.3) is 0 Å². The van der Waals surface area contributed by atoms with Crippen molar-refractivity contribution in [1.82, 2.24) is 0 Å². The lowest BCUT2D eigenvalue weighted by atomic mass is 10.0. The van der Waals surface area contributed by atoms with E-state index < -0.39 is 97.5 Å². The Morgan fingerprint density at radius 1 is 0.297 bits per heavy atom. The number of rotatable bonds is 71. The van der Waals surface area contributed by atoms with E-state index in [4.69, 9.17) is 37.0 Å². The predicted molar refractivity (Wildman–Crippen MR) is 368 cm³/mol. The van der Waals surface area contributed by atoms with Crippen molar-refractivity contribution in [2.75, 3.05) is 39.6 Å². The van der Waals surface area contributed by atoms with Crippen LogP contribution in [0.1, 0.15) is 369 Å². The molecule has 0 saturated carbocycles. The summed E-state index contributed by atoms with van der Waals surface area (Å²) in [5.41, 5.74) is 0. The molecule has 540 valence electrons. The first kappa shape index (κ1) is 89.1. The number of hydrogen-bond acceptors (Lipinski definition) is 15. The third-order valence-corrected chi connectivity index (χ3v) is 18.6. The number of ether oxygens (including phenoxy) is 4. The molecule has 0 radical (unpaired) electrons. The van der Waals surface area contributed by atoms with Gasteiger partial charge in [-0.05, 0) is 37.5 Å². The number of aliphatic hydroxyl groups is 1. The number of hydrogen-bond donors (Lipinski definition) is 3. The van der Waals surface area contributed by atoms with E-state index in [1.807, 2.05) is 0 Å². The van der Waals surface area contributed by atoms with E-state index in [0.717, 1.165) is 102 Å². The third-order valence-electron chi connectivity index (χ3n) is 16.7. The van der Waals surface area contributed by atoms with Crippen molar-refractivity contribution in [1.29, 1.82) is 0 Å². The highest BCUT2D eigenvalue weighted by Gasteiger charge is 2.30. The first-order chi connectivity index (χ1) is 43.9. The molecule has 0 bridgehead atoms. The zero-order chi connectivity index (χ0) is 67.2. The van der Waals surface area contributed by atoms with Gasteiger partial charge in [-0.1, -0.05) is 318 Å². The summed E-state index contributed by atoms with van der Waals surface area (Å²) < 4.78 is 68.2. The molecule has 0 aliphatic carbocycles. The van der Waals surface area contributed by atoms with Crippen LogP contribution in [0.4, 0.5) is 0 Å². The number of unbranched alkanes of at least 4 members (excludes halogenated alkanes) is 41. The second kappa shape index (κ2) is 64.1. The van der Waals surface area contributed by atoms with Crippen LogP contribution in [0, 0.1) is 11.8 Å². The Kier molecular flexibility index (Phi) is 62.7. The summed E-state index contributed by atoms with van der Waals surface area (Å²) in [6.07, 6.45) is 50.3. The van der Waals surface area contributed by atoms with E-state index in [0.29, 0.717) is 31.6 Å². The minimum Gasteiger partial charge on any atom is -0.462 e. The summed E-state index contributed by atoms with van der Waals surface area (Å²) in [6.45, 7) is 9.46. The van der Waals surface area contributed by atoms with Crippen LogP contribution in [0.3, 0.4) is 0 Å². The summed E-state index contributed by atoms with van der Waals surface area (Å²) in [5, 5.41) is 10.6. The normalized spacial score (nSPS) is 14.1. The van der Waals surface area contributed by atoms with E-state index in [9.17, 15) is 43.2 Å². The maximum atomic E-state index is 13.0. The predicted octanol–water partition coefficient (Wildman–Crippen LogP) is 20.8. The average Bonchev–Trinajstić information content (AvgIpc) is 3.34. The van der Waals surface area contributed by atoms with Crippen LogP contribution in [0.2, 0.25) is 0 Å². The van der Waals surface area contributed by atoms with Gasteiger partial charge in [0.05, 0.1) is 26.4 Å². The summed E-state index contributed by atoms with van der Waals surface area (Å²) in [4.78, 5) is 72.5. The van der Waals surface area contributed by atoms with Crippen molar-refractivity contribution in [2.24, 2.45) is 11.8 Å². The molecule has 3 N–H and O–H groups in total. The number of esters is 4. The first-order valence-electron chi connectivity index (χ1n) is 37.5. The molecule has 0 amide bonds. The second-order valence-electron chi connectivity index (χ2n) is 26.9. The van der Waals surface area contributed by atoms with Gasteiger partial charge in [-0.15, -0.1) is 0 Å². The molecule has 0 rings (SSSR count). The Hall–Kier alpha value is -1.94. The molecular formula is C72H140O17P2. The number of carbonyl (C=O) groups excluding carboxylic acids is 4. The smallest absolute Gasteiger partial charge is 0.462 e. The van der Waals surface area contributed by atoms with Crippen molar-refractivity contribution >= 4 is 39.5 Å². The molecule has 0 aliphatic heterocycles. The van der Waals surface area contributed by atoms with Gasteiger partial charge in [0.2, 0.25) is 0 Å². The van der Waals surface area contributed by atoms with Gasteiger partial charge >= 0.3 is 39.5 Å². The standard InChI is InChI=1S/C72H140O17P2/c1-7-9-11-13-15-17-18-19-20-21-22-23-26-30-33-37-44-50-56-71(76)88-67(60-83-70(75)55-49-43-36-32-29-27-24-25-28-31-34-40-46-52-64(3)4)62-86-90(78,79)84-58-66(73)59-85-91(80,81)87-63-68(61-82-69(74)54-48-42-35-16-14-12-10-8-2)89-72(77)57-51-45-39-38-41-47-53-65(5)6/h64-68,73H,7-63H2,1-6H3,(H,78,79)(H,80,81)/t66-,67-,68-/m1/s1. The third kappa shape index (κ3) is 66.5. The Balaban J connectivity index is 5.19. The van der Waals surface area contributed by atoms with Crippen LogP contribution < -0.4 is 0 Å². The van der Waals surface area contributed by atoms with E-state index in [1.54, 1.807) is 0 Å². The lowest BCUT2D eigenvalue weighted by Gasteiger charge is -2.21. The molecule has 0 aromatic rings. The Morgan fingerprint density at radius 3 is 0.747 bits per heavy atom. The van der Waals surface area contributed by atoms with Crippen LogP contribution >= 0.6 is 15.6 Å². The second-order valence-corrected chi connectivity index (χ2v) is 29.8. The van der Waals surface area contributed by atoms with Crippen LogP contribution in [-0.2, 0) is 65.4 Å². The minimum absolute atomic E-state index is 0.102. The highest BCUT2D eigenvalue weighted by Crippen LogP contribution is 2.45. The lowest BCUT2D eigenvalue weighted by Crippen LogP contribution is -2.30. The van der Waals surface area contributed by atoms with Crippen molar-refractivity contribution in [3.63, 3.8) is 0 Å². The first-order valence-corrected chi connectivity index (χ1v) is 40.5. The average molecular weight is 1340 g/mol. The molecule has 0 heterocycles. The maximum Gasteiger partial charge on any atom is 0.472 e. The number of phosphoric ester groups is 2. The fourth-order valence-corrected chi connectivity index (χ4v) is 12.5. The van der Waals surface area contributed by atoms with Gasteiger partial charge in [-0.25, -0.2) is 9.13 Å². The van der Waals surface area contributed by atoms with Gasteiger partial charge in [0.15, 0.2) is 12.2 Å². The van der Waals surface area contributed by atoms with Gasteiger partial charge in [0.1, 0.15) is 19.3 Å². The zero-order valence-electron chi connectivity index (χ0n) is 59.1. The Labute approximate surface area is 556 Å². The highest BCUT2D eigenvalue weighted by atomic mass is 31.2. The quantitative estimate of drug-likeness (QED) is 0.0222. The molecule has 5 atom stereocenters. The Bertz CT molecular complexity index is 1770. The summed E-state index contributed by atoms with van der Waals surface area (Å²) in [6, 6.07) is 0. The van der Waals surface area contributed by atoms with Gasteiger partial charge in [-0.3, -0.25) is 37.3 Å². The molecule has 0 saturated heterocycles. The molecule has 0 aromatic carbocycles. The summed E-state index contributed by atoms with van der Waals surface area (Å²) >= 11 is 0. The van der Waals surface area contributed by atoms with Crippen molar-refractivity contribution in [3.8, 4) is 0 Å². The number of phosphoric acid groups is 2. The molecule has 0 aliphatic rings. The summed E-state index contributed by atoms with van der Waals surface area (Å²) in [5.74, 6) is -0.667. The van der Waals surface area contributed by atoms with E-state index >= 15 is 0 Å². The van der Waals surface area contributed by atoms with Gasteiger partial charge < -0.3 is 33.8 Å². The van der Waals surface area contributed by atoms with Crippen LogP contribution in [0.15, 0.2) is 0 Å². The zero-order valence-corrected chi connectivity index (χ0v) is 60.9. The highest BCUT2D eigenvalue weighted by molar-refractivity contribution is 7.47. The number of aliphatic hydroxyl groups excluding tert-OH is 1. The molecule has 2 unspecified atom stereocenters. The SMILES string of the molecule is CCCCCCCCCCCCCCCCCCCCC(=O)O[C@H](COC(=O)CCCCCCCCCCCCCCCC(C)C)COP(=O)(O)OC[C@@H](O)COP(=O)(O)OC[C@@H](COC(=O)CCCCCCCCCC)OC(=O)CCCCCCCCC(C)C. The fourth-order valence-electron chi connectivity index (χ4n) is 10.9. The lowest BCUT2D eigenvalue weighted by molar-refractivity contribution is -0.161. The van der Waals surface area contributed by atoms with Gasteiger partial charge in [-0.2, -0.15) is 0 Å². The van der Waals surface area contributed by atoms with Gasteiger partial charge in [0, 0.05) is 25.7 Å². The molecule has 0 fully saturated rings. The minimum atomic E-state index is -4.95. The monoisotopic (exact) mass is 1340 g/mol. The van der Waals surface area contributed by atoms with E-state index in [1.165, 1.54) is 180 Å². The van der Waals surface area contributed by atoms with Crippen LogP contribution in [0.25, 0.3) is 0 Å². The van der Waals surface area contributed by atoms with Crippen molar-refractivity contribution in [2.45, 2.75) is 387 Å². The topological polar surface area (TPSA) is 237 Å². The van der Waals surface area contributed by atoms with Crippen molar-refractivity contribution in [3.05, 3.63) is 0 Å². The van der Waals surface area contributed by atoms with Crippen molar-refractivity contribution < 1.29 is 80.2 Å². The molecule has 0 spiro atoms. The molecule has 0 aromatic heterocycles. The number of carbonyl (C=O) groups is 4. The molecule has 17 nitrogen and oxygen atoms in total. The van der Waals surface area contributed by atoms with E-state index in [2.05, 4.69) is 41.5 Å². The largest absolute Gasteiger partial charge is 0.472 e. The maximum absolute atomic E-state index is 13.0. The van der Waals surface area contributed by atoms with Crippen LogP contribution in [-0.4, -0.2) is 96.7 Å². The Morgan fingerprint density at radius 2 is 0.505 bits per heavy atom. The molecule has 19 heteroatoms. The fraction of sp³-hybridized carbons (Fsp3) is 0.944. The van der Waals surface area contributed by atoms with E-state index in [-0.39, 0.29) is 25.7 Å². The molecule has 91 heavy (non-hydrogen) atoms. The summed E-state index contributed by atoms with van der Waals surface area (Å²) in [7, 11) is -9.90. The van der Waals surface area contributed by atoms with Crippen LogP contribution in [0.5, 0.6) is 0 Å². The molecular weight excluding hydrogens is 1200 g/mol.